The van der Waals surface area contributed by atoms with Crippen molar-refractivity contribution < 1.29 is 9.60 Å². The summed E-state index contributed by atoms with van der Waals surface area (Å²) in [6, 6.07) is 4.77. The van der Waals surface area contributed by atoms with Crippen LogP contribution in [0.4, 0.5) is 10.1 Å². The molecule has 0 fully saturated rings. The first kappa shape index (κ1) is 13.3. The van der Waals surface area contributed by atoms with Gasteiger partial charge in [-0.15, -0.1) is 0 Å². The molecule has 0 bridgehead atoms. The molecule has 1 rings (SSSR count). The minimum absolute atomic E-state index is 0.0944. The lowest BCUT2D eigenvalue weighted by Crippen LogP contribution is -2.31. The number of benzene rings is 1. The van der Waals surface area contributed by atoms with Crippen molar-refractivity contribution in [2.75, 3.05) is 11.4 Å². The monoisotopic (exact) mass is 239 g/mol. The van der Waals surface area contributed by atoms with Crippen LogP contribution in [0, 0.1) is 5.82 Å². The largest absolute Gasteiger partial charge is 0.409 e. The minimum Gasteiger partial charge on any atom is -0.409 e. The molecule has 0 heterocycles. The molecular formula is C12H18FN3O. The maximum Gasteiger partial charge on any atom is 0.170 e. The van der Waals surface area contributed by atoms with E-state index in [-0.39, 0.29) is 17.7 Å². The Kier molecular flexibility index (Phi) is 4.31. The first-order chi connectivity index (χ1) is 8.01. The highest BCUT2D eigenvalue weighted by Gasteiger charge is 2.14. The van der Waals surface area contributed by atoms with Gasteiger partial charge in [-0.3, -0.25) is 0 Å². The summed E-state index contributed by atoms with van der Waals surface area (Å²) in [5.74, 6) is -0.465. The van der Waals surface area contributed by atoms with Gasteiger partial charge in [0.2, 0.25) is 0 Å². The Morgan fingerprint density at radius 2 is 2.18 bits per heavy atom. The fourth-order valence-electron chi connectivity index (χ4n) is 1.77. The van der Waals surface area contributed by atoms with Gasteiger partial charge in [-0.1, -0.05) is 5.16 Å². The third-order valence-electron chi connectivity index (χ3n) is 2.62. The van der Waals surface area contributed by atoms with Crippen LogP contribution in [0.2, 0.25) is 0 Å². The number of amidine groups is 1. The van der Waals surface area contributed by atoms with Crippen molar-refractivity contribution in [1.29, 1.82) is 0 Å². The van der Waals surface area contributed by atoms with Crippen molar-refractivity contribution in [3.05, 3.63) is 29.6 Å². The summed E-state index contributed by atoms with van der Waals surface area (Å²) >= 11 is 0. The van der Waals surface area contributed by atoms with Crippen LogP contribution in [0.25, 0.3) is 0 Å². The normalized spacial score (nSPS) is 11.9. The molecule has 1 aromatic rings. The van der Waals surface area contributed by atoms with Crippen LogP contribution in [0.5, 0.6) is 0 Å². The van der Waals surface area contributed by atoms with E-state index in [2.05, 4.69) is 5.16 Å². The fraction of sp³-hybridized carbons (Fsp3) is 0.417. The predicted octanol–water partition coefficient (Wildman–Crippen LogP) is 2.15. The van der Waals surface area contributed by atoms with Crippen LogP contribution in [-0.2, 0) is 0 Å². The molecule has 3 N–H and O–H groups in total. The van der Waals surface area contributed by atoms with Crippen molar-refractivity contribution in [3.63, 3.8) is 0 Å². The topological polar surface area (TPSA) is 61.8 Å². The summed E-state index contributed by atoms with van der Waals surface area (Å²) in [5, 5.41) is 11.4. The first-order valence-corrected chi connectivity index (χ1v) is 5.55. The third-order valence-corrected chi connectivity index (χ3v) is 2.62. The molecule has 0 aliphatic heterocycles. The zero-order valence-electron chi connectivity index (χ0n) is 10.3. The molecule has 17 heavy (non-hydrogen) atoms. The van der Waals surface area contributed by atoms with E-state index in [4.69, 9.17) is 10.9 Å². The van der Waals surface area contributed by atoms with E-state index in [1.807, 2.05) is 25.7 Å². The van der Waals surface area contributed by atoms with Gasteiger partial charge in [-0.05, 0) is 39.0 Å². The zero-order valence-corrected chi connectivity index (χ0v) is 10.3. The Bertz CT molecular complexity index is 418. The van der Waals surface area contributed by atoms with Crippen molar-refractivity contribution in [3.8, 4) is 0 Å². The minimum atomic E-state index is -0.371. The second kappa shape index (κ2) is 5.52. The summed E-state index contributed by atoms with van der Waals surface area (Å²) < 4.78 is 13.9. The SMILES string of the molecule is CCN(c1ccc(/C(N)=N/O)cc1F)C(C)C. The summed E-state index contributed by atoms with van der Waals surface area (Å²) in [7, 11) is 0. The molecule has 0 amide bonds. The van der Waals surface area contributed by atoms with Crippen molar-refractivity contribution in [2.45, 2.75) is 26.8 Å². The maximum absolute atomic E-state index is 13.9. The number of anilines is 1. The molecule has 94 valence electrons. The highest BCUT2D eigenvalue weighted by atomic mass is 19.1. The highest BCUT2D eigenvalue weighted by Crippen LogP contribution is 2.22. The van der Waals surface area contributed by atoms with E-state index in [0.29, 0.717) is 11.3 Å². The molecule has 0 atom stereocenters. The van der Waals surface area contributed by atoms with Gasteiger partial charge in [0.15, 0.2) is 5.84 Å². The molecule has 0 radical (unpaired) electrons. The molecule has 0 unspecified atom stereocenters. The maximum atomic E-state index is 13.9. The van der Waals surface area contributed by atoms with Gasteiger partial charge >= 0.3 is 0 Å². The second-order valence-electron chi connectivity index (χ2n) is 4.03. The number of rotatable bonds is 4. The molecular weight excluding hydrogens is 221 g/mol. The quantitative estimate of drug-likeness (QED) is 0.366. The van der Waals surface area contributed by atoms with Crippen molar-refractivity contribution in [1.82, 2.24) is 0 Å². The third kappa shape index (κ3) is 2.87. The van der Waals surface area contributed by atoms with E-state index >= 15 is 0 Å². The van der Waals surface area contributed by atoms with E-state index in [9.17, 15) is 4.39 Å². The smallest absolute Gasteiger partial charge is 0.170 e. The number of hydrogen-bond donors (Lipinski definition) is 2. The van der Waals surface area contributed by atoms with Crippen LogP contribution < -0.4 is 10.6 Å². The number of nitrogens with two attached hydrogens (primary N) is 1. The summed E-state index contributed by atoms with van der Waals surface area (Å²) in [4.78, 5) is 1.94. The lowest BCUT2D eigenvalue weighted by atomic mass is 10.1. The average Bonchev–Trinajstić information content (AvgIpc) is 2.30. The van der Waals surface area contributed by atoms with Crippen molar-refractivity contribution in [2.24, 2.45) is 10.9 Å². The number of hydrogen-bond acceptors (Lipinski definition) is 3. The molecule has 0 aliphatic carbocycles. The Morgan fingerprint density at radius 3 is 2.59 bits per heavy atom. The van der Waals surface area contributed by atoms with Crippen LogP contribution in [0.1, 0.15) is 26.3 Å². The van der Waals surface area contributed by atoms with E-state index in [0.717, 1.165) is 6.54 Å². The van der Waals surface area contributed by atoms with Gasteiger partial charge in [0.25, 0.3) is 0 Å². The van der Waals surface area contributed by atoms with E-state index in [1.54, 1.807) is 12.1 Å². The van der Waals surface area contributed by atoms with Gasteiger partial charge < -0.3 is 15.8 Å². The van der Waals surface area contributed by atoms with E-state index in [1.165, 1.54) is 6.07 Å². The molecule has 5 heteroatoms. The van der Waals surface area contributed by atoms with Gasteiger partial charge in [-0.2, -0.15) is 0 Å². The Hall–Kier alpha value is -1.78. The summed E-state index contributed by atoms with van der Waals surface area (Å²) in [6.45, 7) is 6.69. The molecule has 0 spiro atoms. The van der Waals surface area contributed by atoms with Crippen LogP contribution in [0.3, 0.4) is 0 Å². The predicted molar refractivity (Wildman–Crippen MR) is 67.1 cm³/mol. The first-order valence-electron chi connectivity index (χ1n) is 5.55. The van der Waals surface area contributed by atoms with Crippen LogP contribution >= 0.6 is 0 Å². The van der Waals surface area contributed by atoms with Gasteiger partial charge in [0.1, 0.15) is 5.82 Å². The number of oxime groups is 1. The zero-order chi connectivity index (χ0) is 13.0. The summed E-state index contributed by atoms with van der Waals surface area (Å²) in [5.41, 5.74) is 6.30. The Balaban J connectivity index is 3.13. The van der Waals surface area contributed by atoms with Crippen LogP contribution in [-0.4, -0.2) is 23.6 Å². The molecule has 0 saturated heterocycles. The Morgan fingerprint density at radius 1 is 1.53 bits per heavy atom. The lowest BCUT2D eigenvalue weighted by molar-refractivity contribution is 0.318. The fourth-order valence-corrected chi connectivity index (χ4v) is 1.77. The van der Waals surface area contributed by atoms with Gasteiger partial charge in [0.05, 0.1) is 5.69 Å². The standard InChI is InChI=1S/C12H18FN3O/c1-4-16(8(2)3)11-6-5-9(7-10(11)13)12(14)15-17/h5-8,17H,4H2,1-3H3,(H2,14,15). The molecule has 0 saturated carbocycles. The highest BCUT2D eigenvalue weighted by molar-refractivity contribution is 5.97. The van der Waals surface area contributed by atoms with E-state index < -0.39 is 0 Å². The number of nitrogens with zero attached hydrogens (tertiary/aromatic N) is 2. The van der Waals surface area contributed by atoms with Crippen molar-refractivity contribution >= 4 is 11.5 Å². The molecule has 0 aromatic heterocycles. The van der Waals surface area contributed by atoms with Crippen LogP contribution in [0.15, 0.2) is 23.4 Å². The molecule has 0 aliphatic rings. The van der Waals surface area contributed by atoms with Gasteiger partial charge in [0, 0.05) is 18.2 Å². The molecule has 4 nitrogen and oxygen atoms in total. The summed E-state index contributed by atoms with van der Waals surface area (Å²) in [6.07, 6.45) is 0. The lowest BCUT2D eigenvalue weighted by Gasteiger charge is -2.28. The molecule has 1 aromatic carbocycles. The average molecular weight is 239 g/mol. The Labute approximate surface area is 101 Å². The van der Waals surface area contributed by atoms with Gasteiger partial charge in [-0.25, -0.2) is 4.39 Å². The second-order valence-corrected chi connectivity index (χ2v) is 4.03. The number of halogens is 1.